The molecule has 24 heavy (non-hydrogen) atoms. The van der Waals surface area contributed by atoms with Crippen LogP contribution >= 0.6 is 11.6 Å². The SMILES string of the molecule is C=C[C@H]1CCCN1CCCC(c1ccccc1)c1ccc(Cl)cc1. The van der Waals surface area contributed by atoms with Crippen molar-refractivity contribution in [1.82, 2.24) is 4.90 Å². The van der Waals surface area contributed by atoms with Gasteiger partial charge in [-0.2, -0.15) is 0 Å². The fourth-order valence-corrected chi connectivity index (χ4v) is 3.93. The van der Waals surface area contributed by atoms with Gasteiger partial charge in [0.05, 0.1) is 0 Å². The Balaban J connectivity index is 1.68. The molecule has 1 aliphatic rings. The molecule has 0 radical (unpaired) electrons. The molecule has 2 aromatic carbocycles. The Hall–Kier alpha value is -1.57. The molecule has 0 amide bonds. The molecule has 0 spiro atoms. The maximum Gasteiger partial charge on any atom is 0.0406 e. The molecule has 1 unspecified atom stereocenters. The molecule has 1 heterocycles. The van der Waals surface area contributed by atoms with Crippen LogP contribution in [0.1, 0.15) is 42.7 Å². The van der Waals surface area contributed by atoms with Gasteiger partial charge in [-0.3, -0.25) is 4.90 Å². The highest BCUT2D eigenvalue weighted by Crippen LogP contribution is 2.30. The first-order chi connectivity index (χ1) is 11.8. The van der Waals surface area contributed by atoms with Gasteiger partial charge >= 0.3 is 0 Å². The fourth-order valence-electron chi connectivity index (χ4n) is 3.80. The first-order valence-electron chi connectivity index (χ1n) is 8.95. The third-order valence-electron chi connectivity index (χ3n) is 5.10. The van der Waals surface area contributed by atoms with E-state index in [9.17, 15) is 0 Å². The van der Waals surface area contributed by atoms with Crippen LogP contribution in [0, 0.1) is 0 Å². The predicted octanol–water partition coefficient (Wildman–Crippen LogP) is 5.90. The number of rotatable bonds is 7. The normalized spacial score (nSPS) is 19.3. The molecule has 2 aromatic rings. The van der Waals surface area contributed by atoms with Gasteiger partial charge in [0.25, 0.3) is 0 Å². The molecule has 126 valence electrons. The van der Waals surface area contributed by atoms with Gasteiger partial charge in [-0.15, -0.1) is 6.58 Å². The molecule has 0 bridgehead atoms. The average Bonchev–Trinajstić information content (AvgIpc) is 3.08. The Morgan fingerprint density at radius 2 is 1.79 bits per heavy atom. The molecular weight excluding hydrogens is 314 g/mol. The van der Waals surface area contributed by atoms with Crippen molar-refractivity contribution >= 4 is 11.6 Å². The van der Waals surface area contributed by atoms with Gasteiger partial charge in [0.1, 0.15) is 0 Å². The Morgan fingerprint density at radius 3 is 2.50 bits per heavy atom. The van der Waals surface area contributed by atoms with E-state index in [2.05, 4.69) is 60.0 Å². The molecule has 2 heteroatoms. The molecule has 1 fully saturated rings. The van der Waals surface area contributed by atoms with Gasteiger partial charge in [0.15, 0.2) is 0 Å². The van der Waals surface area contributed by atoms with Gasteiger partial charge in [-0.1, -0.05) is 60.1 Å². The Bertz CT molecular complexity index is 635. The maximum atomic E-state index is 6.07. The second kappa shape index (κ2) is 8.50. The van der Waals surface area contributed by atoms with Crippen LogP contribution in [0.3, 0.4) is 0 Å². The zero-order valence-corrected chi connectivity index (χ0v) is 15.0. The van der Waals surface area contributed by atoms with Crippen LogP contribution in [-0.4, -0.2) is 24.0 Å². The van der Waals surface area contributed by atoms with E-state index in [1.807, 2.05) is 12.1 Å². The van der Waals surface area contributed by atoms with Crippen LogP contribution in [-0.2, 0) is 0 Å². The first kappa shape index (κ1) is 17.3. The van der Waals surface area contributed by atoms with E-state index in [-0.39, 0.29) is 0 Å². The monoisotopic (exact) mass is 339 g/mol. The largest absolute Gasteiger partial charge is 0.297 e. The summed E-state index contributed by atoms with van der Waals surface area (Å²) in [5, 5.41) is 0.802. The minimum atomic E-state index is 0.438. The molecule has 3 rings (SSSR count). The summed E-state index contributed by atoms with van der Waals surface area (Å²) in [6.07, 6.45) is 7.04. The van der Waals surface area contributed by atoms with E-state index in [1.165, 1.54) is 36.9 Å². The lowest BCUT2D eigenvalue weighted by atomic mass is 9.87. The lowest BCUT2D eigenvalue weighted by Gasteiger charge is -2.24. The highest BCUT2D eigenvalue weighted by molar-refractivity contribution is 6.30. The van der Waals surface area contributed by atoms with Gasteiger partial charge in [0.2, 0.25) is 0 Å². The van der Waals surface area contributed by atoms with Crippen LogP contribution < -0.4 is 0 Å². The Morgan fingerprint density at radius 1 is 1.08 bits per heavy atom. The molecule has 0 N–H and O–H groups in total. The molecular formula is C22H26ClN. The van der Waals surface area contributed by atoms with Gasteiger partial charge in [-0.25, -0.2) is 0 Å². The number of nitrogens with zero attached hydrogens (tertiary/aromatic N) is 1. The number of halogens is 1. The van der Waals surface area contributed by atoms with Crippen LogP contribution in [0.25, 0.3) is 0 Å². The summed E-state index contributed by atoms with van der Waals surface area (Å²) in [6.45, 7) is 6.36. The number of likely N-dealkylation sites (tertiary alicyclic amines) is 1. The van der Waals surface area contributed by atoms with E-state index in [1.54, 1.807) is 0 Å². The van der Waals surface area contributed by atoms with E-state index < -0.39 is 0 Å². The molecule has 1 nitrogen and oxygen atoms in total. The second-order valence-corrected chi connectivity index (χ2v) is 7.07. The summed E-state index contributed by atoms with van der Waals surface area (Å²) in [4.78, 5) is 2.58. The zero-order chi connectivity index (χ0) is 16.8. The van der Waals surface area contributed by atoms with Gasteiger partial charge < -0.3 is 0 Å². The smallest absolute Gasteiger partial charge is 0.0406 e. The lowest BCUT2D eigenvalue weighted by molar-refractivity contribution is 0.282. The van der Waals surface area contributed by atoms with Gasteiger partial charge in [0, 0.05) is 17.0 Å². The van der Waals surface area contributed by atoms with Crippen molar-refractivity contribution in [2.75, 3.05) is 13.1 Å². The van der Waals surface area contributed by atoms with Crippen molar-refractivity contribution in [3.63, 3.8) is 0 Å². The minimum Gasteiger partial charge on any atom is -0.297 e. The van der Waals surface area contributed by atoms with Crippen LogP contribution in [0.15, 0.2) is 67.3 Å². The van der Waals surface area contributed by atoms with Crippen LogP contribution in [0.4, 0.5) is 0 Å². The highest BCUT2D eigenvalue weighted by atomic mass is 35.5. The summed E-state index contributed by atoms with van der Waals surface area (Å²) >= 11 is 6.07. The standard InChI is InChI=1S/C22H26ClN/c1-2-21-10-6-16-24(21)17-7-11-22(18-8-4-3-5-9-18)19-12-14-20(23)15-13-19/h2-5,8-9,12-15,21-22H,1,6-7,10-11,16-17H2/t21-,22?/m0/s1. The zero-order valence-electron chi connectivity index (χ0n) is 14.2. The van der Waals surface area contributed by atoms with E-state index in [0.29, 0.717) is 12.0 Å². The van der Waals surface area contributed by atoms with E-state index >= 15 is 0 Å². The highest BCUT2D eigenvalue weighted by Gasteiger charge is 2.22. The van der Waals surface area contributed by atoms with Crippen molar-refractivity contribution in [3.05, 3.63) is 83.4 Å². The molecule has 0 aromatic heterocycles. The third kappa shape index (κ3) is 4.28. The molecule has 0 saturated carbocycles. The van der Waals surface area contributed by atoms with E-state index in [4.69, 9.17) is 11.6 Å². The Labute approximate surface area is 151 Å². The van der Waals surface area contributed by atoms with Crippen LogP contribution in [0.2, 0.25) is 5.02 Å². The number of hydrogen-bond acceptors (Lipinski definition) is 1. The topological polar surface area (TPSA) is 3.24 Å². The van der Waals surface area contributed by atoms with Gasteiger partial charge in [-0.05, 0) is 62.0 Å². The summed E-state index contributed by atoms with van der Waals surface area (Å²) in [5.74, 6) is 0.438. The number of benzene rings is 2. The molecule has 1 saturated heterocycles. The molecule has 2 atom stereocenters. The second-order valence-electron chi connectivity index (χ2n) is 6.64. The third-order valence-corrected chi connectivity index (χ3v) is 5.35. The summed E-state index contributed by atoms with van der Waals surface area (Å²) in [7, 11) is 0. The first-order valence-corrected chi connectivity index (χ1v) is 9.33. The quantitative estimate of drug-likeness (QED) is 0.567. The van der Waals surface area contributed by atoms with Crippen LogP contribution in [0.5, 0.6) is 0 Å². The van der Waals surface area contributed by atoms with E-state index in [0.717, 1.165) is 18.0 Å². The lowest BCUT2D eigenvalue weighted by Crippen LogP contribution is -2.28. The summed E-state index contributed by atoms with van der Waals surface area (Å²) < 4.78 is 0. The minimum absolute atomic E-state index is 0.438. The molecule has 1 aliphatic heterocycles. The summed E-state index contributed by atoms with van der Waals surface area (Å²) in [6, 6.07) is 19.7. The average molecular weight is 340 g/mol. The maximum absolute atomic E-state index is 6.07. The molecule has 0 aliphatic carbocycles. The van der Waals surface area contributed by atoms with Crippen molar-refractivity contribution in [2.24, 2.45) is 0 Å². The van der Waals surface area contributed by atoms with Crippen molar-refractivity contribution in [2.45, 2.75) is 37.6 Å². The van der Waals surface area contributed by atoms with Crippen molar-refractivity contribution < 1.29 is 0 Å². The Kier molecular flexibility index (Phi) is 6.12. The van der Waals surface area contributed by atoms with Crippen molar-refractivity contribution in [3.8, 4) is 0 Å². The predicted molar refractivity (Wildman–Crippen MR) is 104 cm³/mol. The van der Waals surface area contributed by atoms with Crippen molar-refractivity contribution in [1.29, 1.82) is 0 Å². The summed E-state index contributed by atoms with van der Waals surface area (Å²) in [5.41, 5.74) is 2.74. The number of hydrogen-bond donors (Lipinski definition) is 0. The fraction of sp³-hybridized carbons (Fsp3) is 0.364.